The van der Waals surface area contributed by atoms with Gasteiger partial charge in [0.1, 0.15) is 0 Å². The molecule has 1 aromatic rings. The summed E-state index contributed by atoms with van der Waals surface area (Å²) in [6.07, 6.45) is 0. The third kappa shape index (κ3) is 4.96. The maximum absolute atomic E-state index is 3.54. The zero-order valence-electron chi connectivity index (χ0n) is 13.7. The first kappa shape index (κ1) is 16.2. The first-order chi connectivity index (χ1) is 8.63. The first-order valence-corrected chi connectivity index (χ1v) is 7.10. The Balaban J connectivity index is 2.52. The fraction of sp³-hybridized carbons (Fsp3) is 0.647. The molecule has 0 saturated carbocycles. The van der Waals surface area contributed by atoms with Crippen molar-refractivity contribution in [2.45, 2.75) is 52.1 Å². The van der Waals surface area contributed by atoms with Crippen LogP contribution < -0.4 is 5.32 Å². The molecule has 1 rings (SSSR count). The van der Waals surface area contributed by atoms with Crippen LogP contribution in [-0.2, 0) is 12.0 Å². The molecule has 0 aromatic heterocycles. The van der Waals surface area contributed by atoms with E-state index in [1.165, 1.54) is 11.1 Å². The molecule has 0 bridgehead atoms. The molecule has 1 aromatic carbocycles. The zero-order valence-corrected chi connectivity index (χ0v) is 13.7. The van der Waals surface area contributed by atoms with E-state index in [1.54, 1.807) is 0 Å². The summed E-state index contributed by atoms with van der Waals surface area (Å²) in [5, 5.41) is 3.54. The van der Waals surface area contributed by atoms with Gasteiger partial charge in [0.05, 0.1) is 0 Å². The van der Waals surface area contributed by atoms with Gasteiger partial charge in [-0.3, -0.25) is 0 Å². The van der Waals surface area contributed by atoms with E-state index in [-0.39, 0.29) is 11.0 Å². The Bertz CT molecular complexity index is 383. The van der Waals surface area contributed by atoms with E-state index < -0.39 is 0 Å². The average Bonchev–Trinajstić information content (AvgIpc) is 2.28. The Morgan fingerprint density at radius 1 is 0.947 bits per heavy atom. The average molecular weight is 262 g/mol. The van der Waals surface area contributed by atoms with Gasteiger partial charge in [0.15, 0.2) is 0 Å². The van der Waals surface area contributed by atoms with Gasteiger partial charge in [-0.05, 0) is 44.5 Å². The molecule has 0 fully saturated rings. The summed E-state index contributed by atoms with van der Waals surface area (Å²) >= 11 is 0. The summed E-state index contributed by atoms with van der Waals surface area (Å²) in [4.78, 5) is 2.25. The van der Waals surface area contributed by atoms with Crippen LogP contribution in [0.25, 0.3) is 0 Å². The Hall–Kier alpha value is -0.860. The van der Waals surface area contributed by atoms with Crippen LogP contribution in [0.3, 0.4) is 0 Å². The highest BCUT2D eigenvalue weighted by molar-refractivity contribution is 5.27. The van der Waals surface area contributed by atoms with Gasteiger partial charge < -0.3 is 10.2 Å². The Labute approximate surface area is 119 Å². The van der Waals surface area contributed by atoms with Crippen molar-refractivity contribution in [3.05, 3.63) is 35.4 Å². The lowest BCUT2D eigenvalue weighted by Crippen LogP contribution is -2.46. The molecule has 2 nitrogen and oxygen atoms in total. The van der Waals surface area contributed by atoms with Gasteiger partial charge in [-0.2, -0.15) is 0 Å². The van der Waals surface area contributed by atoms with E-state index in [0.29, 0.717) is 0 Å². The number of rotatable bonds is 5. The van der Waals surface area contributed by atoms with Gasteiger partial charge >= 0.3 is 0 Å². The highest BCUT2D eigenvalue weighted by Gasteiger charge is 2.19. The third-order valence-corrected chi connectivity index (χ3v) is 3.92. The van der Waals surface area contributed by atoms with Gasteiger partial charge in [-0.15, -0.1) is 0 Å². The zero-order chi connectivity index (χ0) is 14.7. The molecule has 0 aliphatic carbocycles. The minimum Gasteiger partial charge on any atom is -0.311 e. The molecule has 19 heavy (non-hydrogen) atoms. The number of hydrogen-bond donors (Lipinski definition) is 1. The van der Waals surface area contributed by atoms with Crippen molar-refractivity contribution in [2.75, 3.05) is 20.6 Å². The first-order valence-electron chi connectivity index (χ1n) is 7.10. The third-order valence-electron chi connectivity index (χ3n) is 3.92. The van der Waals surface area contributed by atoms with E-state index in [1.807, 2.05) is 0 Å². The monoisotopic (exact) mass is 262 g/mol. The molecule has 1 N–H and O–H groups in total. The molecule has 108 valence electrons. The molecule has 0 amide bonds. The van der Waals surface area contributed by atoms with Crippen LogP contribution in [0, 0.1) is 0 Å². The van der Waals surface area contributed by atoms with Crippen molar-refractivity contribution in [2.24, 2.45) is 0 Å². The normalized spacial score (nSPS) is 13.1. The molecule has 0 spiro atoms. The van der Waals surface area contributed by atoms with E-state index in [2.05, 4.69) is 83.2 Å². The smallest absolute Gasteiger partial charge is 0.0271 e. The van der Waals surface area contributed by atoms with E-state index in [0.717, 1.165) is 13.1 Å². The quantitative estimate of drug-likeness (QED) is 0.875. The number of nitrogens with zero attached hydrogens (tertiary/aromatic N) is 1. The molecule has 0 radical (unpaired) electrons. The van der Waals surface area contributed by atoms with E-state index >= 15 is 0 Å². The van der Waals surface area contributed by atoms with Gasteiger partial charge in [0.25, 0.3) is 0 Å². The predicted octanol–water partition coefficient (Wildman–Crippen LogP) is 3.41. The predicted molar refractivity (Wildman–Crippen MR) is 84.6 cm³/mol. The lowest BCUT2D eigenvalue weighted by atomic mass is 9.87. The standard InChI is InChI=1S/C17H30N2/c1-16(2,3)15-10-8-14(9-11-15)12-18-13-17(4,5)19(6)7/h8-11,18H,12-13H2,1-7H3. The Morgan fingerprint density at radius 3 is 1.89 bits per heavy atom. The topological polar surface area (TPSA) is 15.3 Å². The van der Waals surface area contributed by atoms with Crippen molar-refractivity contribution in [1.29, 1.82) is 0 Å². The van der Waals surface area contributed by atoms with Gasteiger partial charge in [-0.1, -0.05) is 45.0 Å². The van der Waals surface area contributed by atoms with Crippen molar-refractivity contribution >= 4 is 0 Å². The lowest BCUT2D eigenvalue weighted by Gasteiger charge is -2.32. The Morgan fingerprint density at radius 2 is 1.47 bits per heavy atom. The lowest BCUT2D eigenvalue weighted by molar-refractivity contribution is 0.190. The second-order valence-electron chi connectivity index (χ2n) is 7.26. The van der Waals surface area contributed by atoms with Crippen molar-refractivity contribution in [3.63, 3.8) is 0 Å². The van der Waals surface area contributed by atoms with Crippen LogP contribution in [0.1, 0.15) is 45.7 Å². The van der Waals surface area contributed by atoms with Crippen molar-refractivity contribution in [1.82, 2.24) is 10.2 Å². The molecule has 0 aliphatic heterocycles. The number of likely N-dealkylation sites (N-methyl/N-ethyl adjacent to an activating group) is 1. The molecule has 0 saturated heterocycles. The molecule has 0 atom stereocenters. The van der Waals surface area contributed by atoms with Crippen molar-refractivity contribution in [3.8, 4) is 0 Å². The van der Waals surface area contributed by atoms with Crippen LogP contribution in [0.2, 0.25) is 0 Å². The molecule has 0 heterocycles. The van der Waals surface area contributed by atoms with Crippen LogP contribution in [0.4, 0.5) is 0 Å². The molecular weight excluding hydrogens is 232 g/mol. The van der Waals surface area contributed by atoms with Crippen LogP contribution in [-0.4, -0.2) is 31.1 Å². The number of hydrogen-bond acceptors (Lipinski definition) is 2. The van der Waals surface area contributed by atoms with E-state index in [9.17, 15) is 0 Å². The van der Waals surface area contributed by atoms with Gasteiger partial charge in [0.2, 0.25) is 0 Å². The summed E-state index contributed by atoms with van der Waals surface area (Å²) < 4.78 is 0. The summed E-state index contributed by atoms with van der Waals surface area (Å²) in [5.41, 5.74) is 3.16. The molecule has 0 aliphatic rings. The van der Waals surface area contributed by atoms with Gasteiger partial charge in [-0.25, -0.2) is 0 Å². The Kier molecular flexibility index (Phi) is 5.17. The highest BCUT2D eigenvalue weighted by Crippen LogP contribution is 2.22. The summed E-state index contributed by atoms with van der Waals surface area (Å²) in [5.74, 6) is 0. The summed E-state index contributed by atoms with van der Waals surface area (Å²) in [6, 6.07) is 8.95. The molecular formula is C17H30N2. The molecule has 2 heteroatoms. The van der Waals surface area contributed by atoms with Crippen LogP contribution in [0.15, 0.2) is 24.3 Å². The molecule has 0 unspecified atom stereocenters. The second-order valence-corrected chi connectivity index (χ2v) is 7.26. The number of nitrogens with one attached hydrogen (secondary N) is 1. The largest absolute Gasteiger partial charge is 0.311 e. The van der Waals surface area contributed by atoms with E-state index in [4.69, 9.17) is 0 Å². The van der Waals surface area contributed by atoms with Crippen molar-refractivity contribution < 1.29 is 0 Å². The van der Waals surface area contributed by atoms with Crippen LogP contribution >= 0.6 is 0 Å². The minimum absolute atomic E-state index is 0.186. The highest BCUT2D eigenvalue weighted by atomic mass is 15.2. The fourth-order valence-electron chi connectivity index (χ4n) is 1.79. The van der Waals surface area contributed by atoms with Crippen LogP contribution in [0.5, 0.6) is 0 Å². The fourth-order valence-corrected chi connectivity index (χ4v) is 1.79. The second kappa shape index (κ2) is 6.06. The SMILES string of the molecule is CN(C)C(C)(C)CNCc1ccc(C(C)(C)C)cc1. The summed E-state index contributed by atoms with van der Waals surface area (Å²) in [6.45, 7) is 13.2. The summed E-state index contributed by atoms with van der Waals surface area (Å²) in [7, 11) is 4.25. The minimum atomic E-state index is 0.186. The number of benzene rings is 1. The maximum Gasteiger partial charge on any atom is 0.0271 e. The maximum atomic E-state index is 3.54. The van der Waals surface area contributed by atoms with Gasteiger partial charge in [0, 0.05) is 18.6 Å².